The van der Waals surface area contributed by atoms with Crippen LogP contribution >= 0.6 is 70.6 Å². The van der Waals surface area contributed by atoms with Gasteiger partial charge in [0.2, 0.25) is 5.82 Å². The van der Waals surface area contributed by atoms with Gasteiger partial charge < -0.3 is 4.74 Å². The number of halogens is 2. The van der Waals surface area contributed by atoms with Crippen molar-refractivity contribution < 1.29 is 13.5 Å². The molecule has 1 nitrogen and oxygen atoms in total. The van der Waals surface area contributed by atoms with Crippen LogP contribution in [0.3, 0.4) is 0 Å². The average molecular weight is 567 g/mol. The van der Waals surface area contributed by atoms with Crippen molar-refractivity contribution in [2.24, 2.45) is 17.8 Å². The van der Waals surface area contributed by atoms with Gasteiger partial charge in [0.1, 0.15) is 0 Å². The molecule has 1 aromatic rings. The third-order valence-corrected chi connectivity index (χ3v) is 16.0. The second-order valence-electron chi connectivity index (χ2n) is 8.40. The summed E-state index contributed by atoms with van der Waals surface area (Å²) < 4.78 is 35.5. The van der Waals surface area contributed by atoms with Crippen molar-refractivity contribution >= 4 is 70.6 Å². The summed E-state index contributed by atoms with van der Waals surface area (Å²) in [5, 5.41) is 0. The molecule has 33 heavy (non-hydrogen) atoms. The fourth-order valence-electron chi connectivity index (χ4n) is 4.06. The van der Waals surface area contributed by atoms with Gasteiger partial charge in [-0.15, -0.1) is 70.6 Å². The first-order valence-electron chi connectivity index (χ1n) is 11.6. The van der Waals surface area contributed by atoms with Crippen LogP contribution in [0.4, 0.5) is 8.78 Å². The van der Waals surface area contributed by atoms with Crippen molar-refractivity contribution in [3.05, 3.63) is 41.5 Å². The maximum atomic E-state index is 14.6. The molecular weight excluding hydrogens is 535 g/mol. The van der Waals surface area contributed by atoms with Crippen molar-refractivity contribution in [1.82, 2.24) is 0 Å². The summed E-state index contributed by atoms with van der Waals surface area (Å²) in [6, 6.07) is 3.27. The number of hydrogen-bond acceptors (Lipinski definition) is 7. The van der Waals surface area contributed by atoms with E-state index in [0.29, 0.717) is 22.7 Å². The van der Waals surface area contributed by atoms with E-state index in [1.165, 1.54) is 23.0 Å². The van der Waals surface area contributed by atoms with Gasteiger partial charge in [0.05, 0.1) is 20.4 Å². The van der Waals surface area contributed by atoms with Crippen LogP contribution in [-0.2, 0) is 0 Å². The number of thioether (sulfide) groups is 6. The first-order chi connectivity index (χ1) is 16.1. The fourth-order valence-corrected chi connectivity index (χ4v) is 14.9. The molecular formula is C24H32F2OS6. The number of hydrogen-bond donors (Lipinski definition) is 0. The highest BCUT2D eigenvalue weighted by Crippen LogP contribution is 2.52. The van der Waals surface area contributed by atoms with E-state index in [9.17, 15) is 8.78 Å². The third-order valence-electron chi connectivity index (χ3n) is 5.87. The van der Waals surface area contributed by atoms with E-state index in [1.54, 1.807) is 42.6 Å². The summed E-state index contributed by atoms with van der Waals surface area (Å²) in [7, 11) is 0. The van der Waals surface area contributed by atoms with Crippen LogP contribution in [0.2, 0.25) is 0 Å². The Morgan fingerprint density at radius 1 is 0.818 bits per heavy atom. The lowest BCUT2D eigenvalue weighted by Crippen LogP contribution is -2.33. The Labute approximate surface area is 222 Å². The van der Waals surface area contributed by atoms with Crippen molar-refractivity contribution in [2.45, 2.75) is 34.0 Å². The fraction of sp³-hybridized carbons (Fsp3) is 0.667. The minimum absolute atomic E-state index is 0.00855. The summed E-state index contributed by atoms with van der Waals surface area (Å²) in [5.41, 5.74) is 0.465. The molecule has 0 aliphatic carbocycles. The Morgan fingerprint density at radius 3 is 1.97 bits per heavy atom. The molecule has 9 heteroatoms. The van der Waals surface area contributed by atoms with Gasteiger partial charge >= 0.3 is 0 Å². The molecule has 3 aliphatic rings. The largest absolute Gasteiger partial charge is 0.491 e. The van der Waals surface area contributed by atoms with Gasteiger partial charge in [-0.1, -0.05) is 25.1 Å². The molecule has 0 amide bonds. The predicted molar refractivity (Wildman–Crippen MR) is 152 cm³/mol. The molecule has 0 radical (unpaired) electrons. The zero-order valence-electron chi connectivity index (χ0n) is 19.0. The molecule has 0 aromatic heterocycles. The van der Waals surface area contributed by atoms with Crippen LogP contribution in [0.1, 0.15) is 30.4 Å². The molecule has 0 N–H and O–H groups in total. The maximum absolute atomic E-state index is 14.6. The van der Waals surface area contributed by atoms with Crippen LogP contribution in [0.5, 0.6) is 5.75 Å². The minimum Gasteiger partial charge on any atom is -0.491 e. The number of allylic oxidation sites excluding steroid dienone is 2. The molecule has 4 rings (SSSR count). The van der Waals surface area contributed by atoms with Crippen LogP contribution in [0, 0.1) is 29.4 Å². The standard InChI is InChI=1S/C24H32F2OS6/c1-3-5-6-15-9-28-22(29-10-15)16-11-30-23(31-12-16)17-13-32-24(33-14-17)18-7-8-19(27-4-2)21(26)20(18)25/h5-8,15-17,22-24H,3-4,9-14H2,1-2H3/b6-5+. The van der Waals surface area contributed by atoms with E-state index in [0.717, 1.165) is 34.3 Å². The lowest BCUT2D eigenvalue weighted by molar-refractivity contribution is 0.313. The molecule has 3 heterocycles. The summed E-state index contributed by atoms with van der Waals surface area (Å²) >= 11 is 12.2. The normalized spacial score (nSPS) is 33.3. The molecule has 184 valence electrons. The molecule has 0 unspecified atom stereocenters. The SMILES string of the molecule is CC/C=C/C1CSC(C2CSC(C3CSC(c4ccc(OCC)c(F)c4F)SC3)SC2)SC1. The monoisotopic (exact) mass is 566 g/mol. The summed E-state index contributed by atoms with van der Waals surface area (Å²) in [6.45, 7) is 4.31. The number of rotatable bonds is 7. The van der Waals surface area contributed by atoms with Crippen molar-refractivity contribution in [3.8, 4) is 5.75 Å². The molecule has 3 fully saturated rings. The van der Waals surface area contributed by atoms with Gasteiger partial charge in [0.15, 0.2) is 11.6 Å². The molecule has 0 saturated carbocycles. The van der Waals surface area contributed by atoms with Crippen molar-refractivity contribution in [1.29, 1.82) is 0 Å². The van der Waals surface area contributed by atoms with Gasteiger partial charge in [-0.3, -0.25) is 0 Å². The van der Waals surface area contributed by atoms with Gasteiger partial charge in [0.25, 0.3) is 0 Å². The third kappa shape index (κ3) is 6.94. The molecule has 0 spiro atoms. The second-order valence-corrected chi connectivity index (χ2v) is 16.3. The zero-order chi connectivity index (χ0) is 23.2. The van der Waals surface area contributed by atoms with E-state index in [-0.39, 0.29) is 10.3 Å². The summed E-state index contributed by atoms with van der Waals surface area (Å²) in [4.78, 5) is 0. The minimum atomic E-state index is -0.853. The Kier molecular flexibility index (Phi) is 10.8. The van der Waals surface area contributed by atoms with Crippen LogP contribution in [0.25, 0.3) is 0 Å². The molecule has 3 aliphatic heterocycles. The zero-order valence-corrected chi connectivity index (χ0v) is 23.9. The van der Waals surface area contributed by atoms with Gasteiger partial charge in [-0.2, -0.15) is 4.39 Å². The Bertz CT molecular complexity index is 785. The number of benzene rings is 1. The summed E-state index contributed by atoms with van der Waals surface area (Å²) in [5.74, 6) is 7.64. The Balaban J connectivity index is 1.23. The Morgan fingerprint density at radius 2 is 1.39 bits per heavy atom. The van der Waals surface area contributed by atoms with Gasteiger partial charge in [-0.25, -0.2) is 4.39 Å². The van der Waals surface area contributed by atoms with E-state index in [4.69, 9.17) is 4.74 Å². The van der Waals surface area contributed by atoms with E-state index < -0.39 is 11.6 Å². The smallest absolute Gasteiger partial charge is 0.200 e. The highest BCUT2D eigenvalue weighted by molar-refractivity contribution is 8.19. The van der Waals surface area contributed by atoms with Gasteiger partial charge in [-0.05, 0) is 48.7 Å². The lowest BCUT2D eigenvalue weighted by Gasteiger charge is -2.39. The Hall–Kier alpha value is 0.720. The van der Waals surface area contributed by atoms with Crippen molar-refractivity contribution in [2.75, 3.05) is 41.1 Å². The van der Waals surface area contributed by atoms with E-state index >= 15 is 0 Å². The average Bonchev–Trinajstić information content (AvgIpc) is 2.86. The first kappa shape index (κ1) is 26.8. The summed E-state index contributed by atoms with van der Waals surface area (Å²) in [6.07, 6.45) is 5.86. The van der Waals surface area contributed by atoms with E-state index in [1.807, 2.05) is 0 Å². The molecule has 0 bridgehead atoms. The lowest BCUT2D eigenvalue weighted by atomic mass is 10.2. The molecule has 0 atom stereocenters. The topological polar surface area (TPSA) is 9.23 Å². The maximum Gasteiger partial charge on any atom is 0.200 e. The highest BCUT2D eigenvalue weighted by Gasteiger charge is 2.37. The van der Waals surface area contributed by atoms with Crippen LogP contribution in [0.15, 0.2) is 24.3 Å². The predicted octanol–water partition coefficient (Wildman–Crippen LogP) is 8.27. The van der Waals surface area contributed by atoms with Crippen LogP contribution in [-0.4, -0.2) is 50.3 Å². The quantitative estimate of drug-likeness (QED) is 0.303. The highest BCUT2D eigenvalue weighted by atomic mass is 32.2. The van der Waals surface area contributed by atoms with E-state index in [2.05, 4.69) is 66.1 Å². The van der Waals surface area contributed by atoms with Gasteiger partial charge in [0, 0.05) is 28.6 Å². The molecule has 1 aromatic carbocycles. The van der Waals surface area contributed by atoms with Crippen LogP contribution < -0.4 is 4.74 Å². The second kappa shape index (κ2) is 13.3. The van der Waals surface area contributed by atoms with Crippen molar-refractivity contribution in [3.63, 3.8) is 0 Å². The first-order valence-corrected chi connectivity index (χ1v) is 17.9. The molecule has 3 saturated heterocycles. The number of ether oxygens (including phenoxy) is 1.